The lowest BCUT2D eigenvalue weighted by atomic mass is 10.1. The molecule has 0 fully saturated rings. The number of hydrogen-bond acceptors (Lipinski definition) is 4. The molecule has 4 nitrogen and oxygen atoms in total. The second kappa shape index (κ2) is 7.66. The zero-order valence-electron chi connectivity index (χ0n) is 14.8. The largest absolute Gasteiger partial charge is 0.494 e. The Hall–Kier alpha value is -2.40. The highest BCUT2D eigenvalue weighted by Crippen LogP contribution is 2.29. The van der Waals surface area contributed by atoms with Crippen LogP contribution in [0.4, 0.5) is 5.13 Å². The number of fused-ring (bicyclic) bond motifs is 1. The summed E-state index contributed by atoms with van der Waals surface area (Å²) in [4.78, 5) is 16.6. The van der Waals surface area contributed by atoms with Crippen molar-refractivity contribution in [2.75, 3.05) is 11.9 Å². The average molecular weight is 354 g/mol. The van der Waals surface area contributed by atoms with E-state index in [1.54, 1.807) is 0 Å². The van der Waals surface area contributed by atoms with E-state index in [1.165, 1.54) is 22.5 Å². The first-order valence-corrected chi connectivity index (χ1v) is 9.20. The maximum absolute atomic E-state index is 12.1. The molecule has 0 saturated carbocycles. The smallest absolute Gasteiger partial charge is 0.226 e. The number of aromatic nitrogens is 1. The van der Waals surface area contributed by atoms with Crippen LogP contribution in [-0.4, -0.2) is 17.5 Å². The van der Waals surface area contributed by atoms with E-state index >= 15 is 0 Å². The van der Waals surface area contributed by atoms with Gasteiger partial charge in [0, 0.05) is 6.42 Å². The number of nitrogens with one attached hydrogen (secondary N) is 1. The van der Waals surface area contributed by atoms with E-state index in [2.05, 4.69) is 29.4 Å². The average Bonchev–Trinajstić information content (AvgIpc) is 2.96. The normalized spacial score (nSPS) is 10.8. The van der Waals surface area contributed by atoms with Crippen LogP contribution in [0.3, 0.4) is 0 Å². The molecule has 0 saturated heterocycles. The Balaban J connectivity index is 1.49. The van der Waals surface area contributed by atoms with Gasteiger partial charge in [0.05, 0.1) is 16.8 Å². The van der Waals surface area contributed by atoms with Crippen molar-refractivity contribution in [1.29, 1.82) is 0 Å². The first-order valence-electron chi connectivity index (χ1n) is 8.38. The van der Waals surface area contributed by atoms with Gasteiger partial charge in [-0.2, -0.15) is 0 Å². The van der Waals surface area contributed by atoms with Gasteiger partial charge in [-0.25, -0.2) is 4.98 Å². The third kappa shape index (κ3) is 4.57. The lowest BCUT2D eigenvalue weighted by Gasteiger charge is -2.06. The van der Waals surface area contributed by atoms with Gasteiger partial charge in [-0.15, -0.1) is 0 Å². The number of rotatable bonds is 6. The number of carbonyl (C=O) groups excluding carboxylic acids is 1. The van der Waals surface area contributed by atoms with Gasteiger partial charge in [0.2, 0.25) is 5.91 Å². The summed E-state index contributed by atoms with van der Waals surface area (Å²) in [6.07, 6.45) is 1.09. The lowest BCUT2D eigenvalue weighted by molar-refractivity contribution is -0.116. The number of aryl methyl sites for hydroxylation is 3. The molecule has 0 aliphatic carbocycles. The number of ether oxygens (including phenoxy) is 1. The third-order valence-electron chi connectivity index (χ3n) is 3.91. The molecule has 1 amide bonds. The lowest BCUT2D eigenvalue weighted by Crippen LogP contribution is -2.12. The van der Waals surface area contributed by atoms with Crippen LogP contribution >= 0.6 is 11.3 Å². The summed E-state index contributed by atoms with van der Waals surface area (Å²) in [5.41, 5.74) is 4.51. The molecule has 0 atom stereocenters. The van der Waals surface area contributed by atoms with Gasteiger partial charge in [-0.3, -0.25) is 4.79 Å². The summed E-state index contributed by atoms with van der Waals surface area (Å²) in [5, 5.41) is 3.56. The van der Waals surface area contributed by atoms with Crippen LogP contribution in [0.25, 0.3) is 10.2 Å². The minimum atomic E-state index is -0.0269. The highest BCUT2D eigenvalue weighted by molar-refractivity contribution is 7.22. The van der Waals surface area contributed by atoms with Gasteiger partial charge in [0.15, 0.2) is 5.13 Å². The highest BCUT2D eigenvalue weighted by Gasteiger charge is 2.10. The number of nitrogens with zero attached hydrogens (tertiary/aromatic N) is 1. The zero-order chi connectivity index (χ0) is 17.8. The van der Waals surface area contributed by atoms with E-state index < -0.39 is 0 Å². The van der Waals surface area contributed by atoms with Crippen molar-refractivity contribution in [3.05, 3.63) is 53.1 Å². The maximum atomic E-state index is 12.1. The van der Waals surface area contributed by atoms with Crippen LogP contribution in [0, 0.1) is 20.8 Å². The summed E-state index contributed by atoms with van der Waals surface area (Å²) in [5.74, 6) is 0.809. The van der Waals surface area contributed by atoms with E-state index in [9.17, 15) is 4.79 Å². The van der Waals surface area contributed by atoms with Gasteiger partial charge >= 0.3 is 0 Å². The molecule has 2 aromatic carbocycles. The molecule has 1 N–H and O–H groups in total. The van der Waals surface area contributed by atoms with Gasteiger partial charge in [0.25, 0.3) is 0 Å². The van der Waals surface area contributed by atoms with Crippen molar-refractivity contribution in [3.8, 4) is 5.75 Å². The summed E-state index contributed by atoms with van der Waals surface area (Å²) >= 11 is 1.52. The van der Waals surface area contributed by atoms with Crippen molar-refractivity contribution in [1.82, 2.24) is 4.98 Å². The molecule has 0 aliphatic rings. The molecule has 3 rings (SSSR count). The number of anilines is 1. The molecule has 130 valence electrons. The van der Waals surface area contributed by atoms with Crippen LogP contribution in [0.2, 0.25) is 0 Å². The van der Waals surface area contributed by atoms with Crippen molar-refractivity contribution >= 4 is 32.6 Å². The molecule has 1 aromatic heterocycles. The number of carbonyl (C=O) groups is 1. The van der Waals surface area contributed by atoms with Crippen LogP contribution < -0.4 is 10.1 Å². The molecule has 25 heavy (non-hydrogen) atoms. The molecule has 0 bridgehead atoms. The summed E-state index contributed by atoms with van der Waals surface area (Å²) in [6.45, 7) is 6.68. The number of thiazole rings is 1. The molecule has 0 radical (unpaired) electrons. The summed E-state index contributed by atoms with van der Waals surface area (Å²) in [6, 6.07) is 12.1. The monoisotopic (exact) mass is 354 g/mol. The quantitative estimate of drug-likeness (QED) is 0.632. The Bertz CT molecular complexity index is 885. The number of amides is 1. The minimum absolute atomic E-state index is 0.0269. The van der Waals surface area contributed by atoms with Crippen molar-refractivity contribution < 1.29 is 9.53 Å². The van der Waals surface area contributed by atoms with Gasteiger partial charge < -0.3 is 10.1 Å². The van der Waals surface area contributed by atoms with E-state index in [1.807, 2.05) is 38.1 Å². The second-order valence-corrected chi connectivity index (χ2v) is 7.29. The fourth-order valence-corrected chi connectivity index (χ4v) is 3.72. The predicted octanol–water partition coefficient (Wildman–Crippen LogP) is 5.02. The Kier molecular flexibility index (Phi) is 5.34. The van der Waals surface area contributed by atoms with Gasteiger partial charge in [-0.05, 0) is 56.5 Å². The zero-order valence-corrected chi connectivity index (χ0v) is 15.6. The second-order valence-electron chi connectivity index (χ2n) is 6.26. The summed E-state index contributed by atoms with van der Waals surface area (Å²) < 4.78 is 6.75. The number of hydrogen-bond donors (Lipinski definition) is 1. The van der Waals surface area contributed by atoms with Crippen LogP contribution in [0.1, 0.15) is 29.5 Å². The Labute approximate surface area is 151 Å². The van der Waals surface area contributed by atoms with Crippen LogP contribution in [0.5, 0.6) is 5.75 Å². The Morgan fingerprint density at radius 1 is 1.12 bits per heavy atom. The standard InChI is InChI=1S/C20H22N2O2S/c1-13-6-8-16(9-7-13)24-10-4-5-18(23)21-20-22-19-15(3)11-14(2)12-17(19)25-20/h6-9,11-12H,4-5,10H2,1-3H3,(H,21,22,23). The minimum Gasteiger partial charge on any atom is -0.494 e. The van der Waals surface area contributed by atoms with E-state index in [4.69, 9.17) is 4.74 Å². The Morgan fingerprint density at radius 2 is 1.88 bits per heavy atom. The first kappa shape index (κ1) is 17.4. The van der Waals surface area contributed by atoms with E-state index in [-0.39, 0.29) is 5.91 Å². The molecule has 3 aromatic rings. The molecule has 0 unspecified atom stereocenters. The molecular weight excluding hydrogens is 332 g/mol. The molecule has 0 spiro atoms. The van der Waals surface area contributed by atoms with Crippen LogP contribution in [-0.2, 0) is 4.79 Å². The third-order valence-corrected chi connectivity index (χ3v) is 4.83. The topological polar surface area (TPSA) is 51.2 Å². The predicted molar refractivity (Wildman–Crippen MR) is 104 cm³/mol. The highest BCUT2D eigenvalue weighted by atomic mass is 32.1. The van der Waals surface area contributed by atoms with Gasteiger partial charge in [-0.1, -0.05) is 35.1 Å². The molecular formula is C20H22N2O2S. The first-order chi connectivity index (χ1) is 12.0. The summed E-state index contributed by atoms with van der Waals surface area (Å²) in [7, 11) is 0. The van der Waals surface area contributed by atoms with E-state index in [0.717, 1.165) is 21.5 Å². The SMILES string of the molecule is Cc1ccc(OCCCC(=O)Nc2nc3c(C)cc(C)cc3s2)cc1. The van der Waals surface area contributed by atoms with Crippen molar-refractivity contribution in [2.45, 2.75) is 33.6 Å². The van der Waals surface area contributed by atoms with Gasteiger partial charge in [0.1, 0.15) is 5.75 Å². The Morgan fingerprint density at radius 3 is 2.64 bits per heavy atom. The number of benzene rings is 2. The fourth-order valence-electron chi connectivity index (χ4n) is 2.66. The van der Waals surface area contributed by atoms with Crippen molar-refractivity contribution in [2.24, 2.45) is 0 Å². The fraction of sp³-hybridized carbons (Fsp3) is 0.300. The molecule has 1 heterocycles. The van der Waals surface area contributed by atoms with E-state index in [0.29, 0.717) is 24.6 Å². The van der Waals surface area contributed by atoms with Crippen LogP contribution in [0.15, 0.2) is 36.4 Å². The molecule has 5 heteroatoms. The van der Waals surface area contributed by atoms with Crippen molar-refractivity contribution in [3.63, 3.8) is 0 Å². The maximum Gasteiger partial charge on any atom is 0.226 e. The molecule has 0 aliphatic heterocycles.